The fraction of sp³-hybridized carbons (Fsp3) is 0.419. The molecule has 2 saturated heterocycles. The summed E-state index contributed by atoms with van der Waals surface area (Å²) in [5, 5.41) is 0. The first kappa shape index (κ1) is 26.1. The second kappa shape index (κ2) is 10.7. The Hall–Kier alpha value is -2.51. The van der Waals surface area contributed by atoms with Crippen molar-refractivity contribution in [2.24, 2.45) is 0 Å². The Balaban J connectivity index is 1.46. The van der Waals surface area contributed by atoms with Crippen LogP contribution < -0.4 is 0 Å². The van der Waals surface area contributed by atoms with Gasteiger partial charge in [0.1, 0.15) is 0 Å². The van der Waals surface area contributed by atoms with Gasteiger partial charge < -0.3 is 4.74 Å². The zero-order valence-corrected chi connectivity index (χ0v) is 23.2. The molecule has 3 atom stereocenters. The second-order valence-electron chi connectivity index (χ2n) is 10.6. The summed E-state index contributed by atoms with van der Waals surface area (Å²) in [4.78, 5) is 2.90. The Labute approximate surface area is 222 Å². The van der Waals surface area contributed by atoms with Crippen LogP contribution in [0.1, 0.15) is 41.0 Å². The molecule has 0 N–H and O–H groups in total. The van der Waals surface area contributed by atoms with Crippen molar-refractivity contribution in [3.63, 3.8) is 0 Å². The Bertz CT molecular complexity index is 1350. The topological polar surface area (TPSA) is 49.9 Å². The van der Waals surface area contributed by atoms with Crippen LogP contribution in [0.4, 0.5) is 0 Å². The molecule has 0 radical (unpaired) electrons. The van der Waals surface area contributed by atoms with Crippen LogP contribution in [0.25, 0.3) is 11.1 Å². The number of sulfonamides is 1. The fourth-order valence-corrected chi connectivity index (χ4v) is 7.93. The van der Waals surface area contributed by atoms with E-state index >= 15 is 0 Å². The number of ether oxygens (including phenoxy) is 1. The summed E-state index contributed by atoms with van der Waals surface area (Å²) in [6.45, 7) is 8.89. The lowest BCUT2D eigenvalue weighted by Crippen LogP contribution is -2.68. The molecule has 5 nitrogen and oxygen atoms in total. The van der Waals surface area contributed by atoms with Crippen molar-refractivity contribution in [1.29, 1.82) is 0 Å². The highest BCUT2D eigenvalue weighted by Crippen LogP contribution is 2.43. The van der Waals surface area contributed by atoms with Gasteiger partial charge in [0.15, 0.2) is 0 Å². The maximum atomic E-state index is 13.7. The minimum atomic E-state index is -3.57. The standard InChI is InChI=1S/C31H38N2O3S/c1-22-11-9-12-27(24(22)3)25-14-16-26(17-15-25)31-28-20-32(18-7-8-19-33(28)29(31)21-36-4)37(34,35)30-13-6-5-10-23(30)2/h5-6,9-17,28-29,31H,7-8,18-21H2,1-4H3/t28-,29?,31-/m0/s1. The van der Waals surface area contributed by atoms with Gasteiger partial charge in [-0.2, -0.15) is 4.31 Å². The predicted octanol–water partition coefficient (Wildman–Crippen LogP) is 5.55. The number of fused-ring (bicyclic) bond motifs is 1. The van der Waals surface area contributed by atoms with Gasteiger partial charge in [0, 0.05) is 38.2 Å². The third kappa shape index (κ3) is 4.88. The van der Waals surface area contributed by atoms with Gasteiger partial charge in [-0.1, -0.05) is 60.7 Å². The molecular formula is C31H38N2O3S. The first-order valence-corrected chi connectivity index (χ1v) is 14.7. The smallest absolute Gasteiger partial charge is 0.243 e. The minimum Gasteiger partial charge on any atom is -0.383 e. The Morgan fingerprint density at radius 1 is 0.865 bits per heavy atom. The molecule has 2 heterocycles. The van der Waals surface area contributed by atoms with Gasteiger partial charge in [-0.25, -0.2) is 8.42 Å². The molecule has 37 heavy (non-hydrogen) atoms. The van der Waals surface area contributed by atoms with Gasteiger partial charge in [0.05, 0.1) is 11.5 Å². The zero-order valence-electron chi connectivity index (χ0n) is 22.4. The SMILES string of the molecule is COCC1[C@@H](c2ccc(-c3cccc(C)c3C)cc2)[C@@H]2CN(S(=O)(=O)c3ccccc3C)CCCCN12. The molecular weight excluding hydrogens is 480 g/mol. The summed E-state index contributed by atoms with van der Waals surface area (Å²) in [6.07, 6.45) is 1.85. The van der Waals surface area contributed by atoms with E-state index in [1.807, 2.05) is 25.1 Å². The van der Waals surface area contributed by atoms with Crippen molar-refractivity contribution < 1.29 is 13.2 Å². The summed E-state index contributed by atoms with van der Waals surface area (Å²) in [5.74, 6) is 0.222. The maximum absolute atomic E-state index is 13.7. The number of hydrogen-bond donors (Lipinski definition) is 0. The Morgan fingerprint density at radius 2 is 1.57 bits per heavy atom. The molecule has 0 bridgehead atoms. The molecule has 2 aliphatic rings. The Kier molecular flexibility index (Phi) is 7.55. The highest BCUT2D eigenvalue weighted by Gasteiger charge is 2.50. The van der Waals surface area contributed by atoms with Crippen LogP contribution in [0, 0.1) is 20.8 Å². The highest BCUT2D eigenvalue weighted by atomic mass is 32.2. The van der Waals surface area contributed by atoms with Crippen molar-refractivity contribution in [2.45, 2.75) is 56.5 Å². The van der Waals surface area contributed by atoms with Gasteiger partial charge in [0.2, 0.25) is 10.0 Å². The van der Waals surface area contributed by atoms with E-state index in [0.717, 1.165) is 24.9 Å². The van der Waals surface area contributed by atoms with Crippen LogP contribution in [-0.2, 0) is 14.8 Å². The molecule has 3 aromatic rings. The number of rotatable bonds is 6. The van der Waals surface area contributed by atoms with Crippen molar-refractivity contribution in [2.75, 3.05) is 33.4 Å². The first-order chi connectivity index (χ1) is 17.8. The van der Waals surface area contributed by atoms with E-state index in [0.29, 0.717) is 24.6 Å². The molecule has 0 saturated carbocycles. The van der Waals surface area contributed by atoms with Gasteiger partial charge in [-0.3, -0.25) is 4.90 Å². The quantitative estimate of drug-likeness (QED) is 0.430. The average molecular weight is 519 g/mol. The molecule has 1 unspecified atom stereocenters. The lowest BCUT2D eigenvalue weighted by atomic mass is 9.74. The summed E-state index contributed by atoms with van der Waals surface area (Å²) in [6, 6.07) is 23.0. The third-order valence-corrected chi connectivity index (χ3v) is 10.4. The minimum absolute atomic E-state index is 0.130. The summed E-state index contributed by atoms with van der Waals surface area (Å²) >= 11 is 0. The van der Waals surface area contributed by atoms with Gasteiger partial charge in [-0.15, -0.1) is 0 Å². The van der Waals surface area contributed by atoms with E-state index in [1.165, 1.54) is 27.8 Å². The number of hydrogen-bond acceptors (Lipinski definition) is 4. The molecule has 0 spiro atoms. The molecule has 196 valence electrons. The normalized spacial score (nSPS) is 23.1. The molecule has 3 aromatic carbocycles. The van der Waals surface area contributed by atoms with E-state index in [4.69, 9.17) is 4.74 Å². The lowest BCUT2D eigenvalue weighted by molar-refractivity contribution is -0.0635. The first-order valence-electron chi connectivity index (χ1n) is 13.3. The zero-order chi connectivity index (χ0) is 26.2. The highest BCUT2D eigenvalue weighted by molar-refractivity contribution is 7.89. The van der Waals surface area contributed by atoms with E-state index in [9.17, 15) is 8.42 Å². The van der Waals surface area contributed by atoms with Gasteiger partial charge >= 0.3 is 0 Å². The van der Waals surface area contributed by atoms with E-state index in [1.54, 1.807) is 17.5 Å². The molecule has 2 fully saturated rings. The largest absolute Gasteiger partial charge is 0.383 e. The average Bonchev–Trinajstić information content (AvgIpc) is 2.87. The molecule has 2 aliphatic heterocycles. The van der Waals surface area contributed by atoms with Crippen molar-refractivity contribution in [3.05, 3.63) is 89.0 Å². The van der Waals surface area contributed by atoms with Gasteiger partial charge in [-0.05, 0) is 79.6 Å². The van der Waals surface area contributed by atoms with Crippen LogP contribution in [0.3, 0.4) is 0 Å². The number of nitrogens with zero attached hydrogens (tertiary/aromatic N) is 2. The fourth-order valence-electron chi connectivity index (χ4n) is 6.21. The van der Waals surface area contributed by atoms with Crippen LogP contribution >= 0.6 is 0 Å². The predicted molar refractivity (Wildman–Crippen MR) is 149 cm³/mol. The number of methoxy groups -OCH3 is 1. The van der Waals surface area contributed by atoms with E-state index in [2.05, 4.69) is 61.2 Å². The van der Waals surface area contributed by atoms with Crippen LogP contribution in [0.2, 0.25) is 0 Å². The summed E-state index contributed by atoms with van der Waals surface area (Å²) in [5.41, 5.74) is 7.12. The van der Waals surface area contributed by atoms with Crippen LogP contribution in [-0.4, -0.2) is 63.1 Å². The lowest BCUT2D eigenvalue weighted by Gasteiger charge is -2.57. The van der Waals surface area contributed by atoms with E-state index < -0.39 is 10.0 Å². The number of benzene rings is 3. The third-order valence-electron chi connectivity index (χ3n) is 8.41. The van der Waals surface area contributed by atoms with Crippen molar-refractivity contribution >= 4 is 10.0 Å². The van der Waals surface area contributed by atoms with E-state index in [-0.39, 0.29) is 18.0 Å². The molecule has 0 amide bonds. The summed E-state index contributed by atoms with van der Waals surface area (Å²) < 4.78 is 34.9. The Morgan fingerprint density at radius 3 is 2.30 bits per heavy atom. The van der Waals surface area contributed by atoms with Gasteiger partial charge in [0.25, 0.3) is 0 Å². The van der Waals surface area contributed by atoms with Crippen molar-refractivity contribution in [3.8, 4) is 11.1 Å². The molecule has 6 heteroatoms. The number of aryl methyl sites for hydroxylation is 2. The van der Waals surface area contributed by atoms with Crippen molar-refractivity contribution in [1.82, 2.24) is 9.21 Å². The summed E-state index contributed by atoms with van der Waals surface area (Å²) in [7, 11) is -1.81. The van der Waals surface area contributed by atoms with Crippen LogP contribution in [0.15, 0.2) is 71.6 Å². The molecule has 5 rings (SSSR count). The second-order valence-corrected chi connectivity index (χ2v) is 12.5. The molecule has 0 aromatic heterocycles. The maximum Gasteiger partial charge on any atom is 0.243 e. The van der Waals surface area contributed by atoms with Crippen LogP contribution in [0.5, 0.6) is 0 Å². The monoisotopic (exact) mass is 518 g/mol. The molecule has 0 aliphatic carbocycles.